The minimum absolute atomic E-state index is 0.0520. The largest absolute Gasteiger partial charge is 0.462 e. The van der Waals surface area contributed by atoms with Gasteiger partial charge in [-0.05, 0) is 55.8 Å². The van der Waals surface area contributed by atoms with Crippen LogP contribution in [0.1, 0.15) is 43.5 Å². The first-order valence-corrected chi connectivity index (χ1v) is 12.5. The van der Waals surface area contributed by atoms with Gasteiger partial charge in [-0.1, -0.05) is 48.3 Å². The number of amidine groups is 1. The number of aliphatic imine (C=N–C) groups is 1. The number of carbonyl (C=O) groups excluding carboxylic acids is 3. The molecule has 2 amide bonds. The fraction of sp³-hybridized carbons (Fsp3) is 0.333. The van der Waals surface area contributed by atoms with Crippen molar-refractivity contribution >= 4 is 69.3 Å². The molecule has 0 spiro atoms. The minimum atomic E-state index is -0.663. The van der Waals surface area contributed by atoms with Crippen molar-refractivity contribution in [3.8, 4) is 0 Å². The second kappa shape index (κ2) is 12.2. The topological polar surface area (TPSA) is 88.1 Å². The molecule has 1 heterocycles. The molecule has 0 radical (unpaired) electrons. The Balaban J connectivity index is 1.78. The number of halogens is 2. The normalized spacial score (nSPS) is 17.1. The number of anilines is 1. The molecule has 7 nitrogen and oxygen atoms in total. The van der Waals surface area contributed by atoms with Gasteiger partial charge in [-0.25, -0.2) is 9.79 Å². The standard InChI is InChI=1S/C24H25Cl2N3O4S/c1-3-5-10-29-21(30)14-20(34-24(29)28-19-12-16(25)11-17(26)13-19)22(31)27-18-8-6-15(7-9-18)23(32)33-4-2/h6-9,11-13,20H,3-5,10,14H2,1-2H3,(H,27,31)/t20-/m0/s1. The Hall–Kier alpha value is -2.55. The molecule has 34 heavy (non-hydrogen) atoms. The average molecular weight is 522 g/mol. The molecule has 1 fully saturated rings. The van der Waals surface area contributed by atoms with Crippen molar-refractivity contribution in [3.05, 3.63) is 58.1 Å². The molecule has 0 aromatic heterocycles. The second-order valence-corrected chi connectivity index (χ2v) is 9.56. The number of esters is 1. The lowest BCUT2D eigenvalue weighted by Crippen LogP contribution is -2.45. The molecule has 3 rings (SSSR count). The molecular formula is C24H25Cl2N3O4S. The zero-order valence-electron chi connectivity index (χ0n) is 18.8. The summed E-state index contributed by atoms with van der Waals surface area (Å²) in [4.78, 5) is 43.9. The number of nitrogens with one attached hydrogen (secondary N) is 1. The van der Waals surface area contributed by atoms with E-state index in [-0.39, 0.29) is 24.8 Å². The van der Waals surface area contributed by atoms with E-state index in [4.69, 9.17) is 27.9 Å². The van der Waals surface area contributed by atoms with Gasteiger partial charge in [-0.3, -0.25) is 14.5 Å². The Labute approximate surface area is 212 Å². The van der Waals surface area contributed by atoms with Gasteiger partial charge < -0.3 is 10.1 Å². The molecule has 1 atom stereocenters. The number of hydrogen-bond acceptors (Lipinski definition) is 6. The van der Waals surface area contributed by atoms with Crippen LogP contribution >= 0.6 is 35.0 Å². The number of thioether (sulfide) groups is 1. The molecule has 1 aliphatic heterocycles. The maximum Gasteiger partial charge on any atom is 0.338 e. The van der Waals surface area contributed by atoms with Gasteiger partial charge in [0.1, 0.15) is 5.25 Å². The summed E-state index contributed by atoms with van der Waals surface area (Å²) >= 11 is 13.4. The predicted octanol–water partition coefficient (Wildman–Crippen LogP) is 5.93. The molecule has 1 N–H and O–H groups in total. The highest BCUT2D eigenvalue weighted by atomic mass is 35.5. The van der Waals surface area contributed by atoms with E-state index in [2.05, 4.69) is 10.3 Å². The van der Waals surface area contributed by atoms with E-state index < -0.39 is 11.2 Å². The van der Waals surface area contributed by atoms with Gasteiger partial charge in [0, 0.05) is 28.7 Å². The molecule has 0 unspecified atom stereocenters. The number of amides is 2. The number of rotatable bonds is 8. The lowest BCUT2D eigenvalue weighted by Gasteiger charge is -2.31. The second-order valence-electron chi connectivity index (χ2n) is 7.52. The molecule has 0 bridgehead atoms. The summed E-state index contributed by atoms with van der Waals surface area (Å²) in [6.07, 6.45) is 1.78. The maximum absolute atomic E-state index is 13.0. The zero-order chi connectivity index (χ0) is 24.7. The molecule has 2 aromatic carbocycles. The van der Waals surface area contributed by atoms with E-state index >= 15 is 0 Å². The number of benzene rings is 2. The third kappa shape index (κ3) is 6.98. The van der Waals surface area contributed by atoms with Crippen LogP contribution in [-0.2, 0) is 14.3 Å². The van der Waals surface area contributed by atoms with Crippen LogP contribution in [0, 0.1) is 0 Å². The van der Waals surface area contributed by atoms with E-state index in [0.717, 1.165) is 12.8 Å². The Morgan fingerprint density at radius 2 is 1.82 bits per heavy atom. The highest BCUT2D eigenvalue weighted by Crippen LogP contribution is 2.32. The van der Waals surface area contributed by atoms with Crippen molar-refractivity contribution in [2.24, 2.45) is 4.99 Å². The van der Waals surface area contributed by atoms with Gasteiger partial charge >= 0.3 is 5.97 Å². The quantitative estimate of drug-likeness (QED) is 0.434. The fourth-order valence-electron chi connectivity index (χ4n) is 3.22. The van der Waals surface area contributed by atoms with Crippen molar-refractivity contribution in [1.82, 2.24) is 4.90 Å². The van der Waals surface area contributed by atoms with E-state index in [0.29, 0.717) is 38.7 Å². The summed E-state index contributed by atoms with van der Waals surface area (Å²) in [5.41, 5.74) is 1.41. The highest BCUT2D eigenvalue weighted by molar-refractivity contribution is 8.15. The first-order chi connectivity index (χ1) is 16.3. The van der Waals surface area contributed by atoms with E-state index in [1.807, 2.05) is 6.92 Å². The molecule has 10 heteroatoms. The van der Waals surface area contributed by atoms with Gasteiger partial charge in [-0.2, -0.15) is 0 Å². The number of carbonyl (C=O) groups is 3. The summed E-state index contributed by atoms with van der Waals surface area (Å²) in [6.45, 7) is 4.57. The lowest BCUT2D eigenvalue weighted by atomic mass is 10.2. The van der Waals surface area contributed by atoms with Crippen LogP contribution in [0.25, 0.3) is 0 Å². The van der Waals surface area contributed by atoms with E-state index in [1.54, 1.807) is 54.3 Å². The van der Waals surface area contributed by atoms with Gasteiger partial charge in [0.25, 0.3) is 0 Å². The highest BCUT2D eigenvalue weighted by Gasteiger charge is 2.35. The Morgan fingerprint density at radius 3 is 2.44 bits per heavy atom. The molecule has 1 aliphatic rings. The van der Waals surface area contributed by atoms with E-state index in [9.17, 15) is 14.4 Å². The first-order valence-electron chi connectivity index (χ1n) is 10.9. The van der Waals surface area contributed by atoms with Crippen LogP contribution in [0.4, 0.5) is 11.4 Å². The van der Waals surface area contributed by atoms with Crippen LogP contribution in [0.15, 0.2) is 47.5 Å². The number of unbranched alkanes of at least 4 members (excludes halogenated alkanes) is 1. The Morgan fingerprint density at radius 1 is 1.15 bits per heavy atom. The molecule has 2 aromatic rings. The Bertz CT molecular complexity index is 1070. The van der Waals surface area contributed by atoms with Crippen molar-refractivity contribution < 1.29 is 19.1 Å². The van der Waals surface area contributed by atoms with Gasteiger partial charge in [0.2, 0.25) is 11.8 Å². The maximum atomic E-state index is 13.0. The lowest BCUT2D eigenvalue weighted by molar-refractivity contribution is -0.129. The third-order valence-corrected chi connectivity index (χ3v) is 6.53. The van der Waals surface area contributed by atoms with E-state index in [1.165, 1.54) is 11.8 Å². The average Bonchev–Trinajstić information content (AvgIpc) is 2.78. The third-order valence-electron chi connectivity index (χ3n) is 4.90. The number of hydrogen-bond donors (Lipinski definition) is 1. The SMILES string of the molecule is CCCCN1C(=O)C[C@@H](C(=O)Nc2ccc(C(=O)OCC)cc2)SC1=Nc1cc(Cl)cc(Cl)c1. The zero-order valence-corrected chi connectivity index (χ0v) is 21.2. The summed E-state index contributed by atoms with van der Waals surface area (Å²) in [6, 6.07) is 11.3. The summed E-state index contributed by atoms with van der Waals surface area (Å²) in [5, 5.41) is 3.44. The number of ether oxygens (including phenoxy) is 1. The number of nitrogens with zero attached hydrogens (tertiary/aromatic N) is 2. The van der Waals surface area contributed by atoms with Crippen LogP contribution in [0.2, 0.25) is 10.0 Å². The summed E-state index contributed by atoms with van der Waals surface area (Å²) < 4.78 is 4.97. The predicted molar refractivity (Wildman–Crippen MR) is 137 cm³/mol. The molecule has 0 saturated carbocycles. The summed E-state index contributed by atoms with van der Waals surface area (Å²) in [5.74, 6) is -0.922. The minimum Gasteiger partial charge on any atom is -0.462 e. The molecular weight excluding hydrogens is 497 g/mol. The molecule has 180 valence electrons. The van der Waals surface area contributed by atoms with Crippen LogP contribution in [0.3, 0.4) is 0 Å². The van der Waals surface area contributed by atoms with Crippen LogP contribution < -0.4 is 5.32 Å². The molecule has 0 aliphatic carbocycles. The van der Waals surface area contributed by atoms with Gasteiger partial charge in [-0.15, -0.1) is 0 Å². The van der Waals surface area contributed by atoms with Crippen molar-refractivity contribution in [1.29, 1.82) is 0 Å². The van der Waals surface area contributed by atoms with Crippen molar-refractivity contribution in [3.63, 3.8) is 0 Å². The first kappa shape index (κ1) is 26.1. The summed E-state index contributed by atoms with van der Waals surface area (Å²) in [7, 11) is 0. The smallest absolute Gasteiger partial charge is 0.338 e. The Kier molecular flexibility index (Phi) is 9.38. The molecule has 1 saturated heterocycles. The van der Waals surface area contributed by atoms with Crippen LogP contribution in [-0.4, -0.2) is 46.3 Å². The fourth-order valence-corrected chi connectivity index (χ4v) is 4.86. The van der Waals surface area contributed by atoms with Crippen LogP contribution in [0.5, 0.6) is 0 Å². The monoisotopic (exact) mass is 521 g/mol. The van der Waals surface area contributed by atoms with Crippen molar-refractivity contribution in [2.45, 2.75) is 38.4 Å². The van der Waals surface area contributed by atoms with Gasteiger partial charge in [0.15, 0.2) is 5.17 Å². The van der Waals surface area contributed by atoms with Gasteiger partial charge in [0.05, 0.1) is 17.9 Å². The van der Waals surface area contributed by atoms with Crippen molar-refractivity contribution in [2.75, 3.05) is 18.5 Å².